The first-order chi connectivity index (χ1) is 10.6. The van der Waals surface area contributed by atoms with E-state index in [1.165, 1.54) is 10.7 Å². The van der Waals surface area contributed by atoms with E-state index >= 15 is 0 Å². The van der Waals surface area contributed by atoms with E-state index in [0.29, 0.717) is 27.7 Å². The molecule has 3 aromatic rings. The van der Waals surface area contributed by atoms with Crippen molar-refractivity contribution in [1.29, 1.82) is 0 Å². The fourth-order valence-electron chi connectivity index (χ4n) is 2.24. The highest BCUT2D eigenvalue weighted by Gasteiger charge is 2.16. The minimum absolute atomic E-state index is 0.268. The lowest BCUT2D eigenvalue weighted by Gasteiger charge is -2.09. The normalized spacial score (nSPS) is 10.9. The van der Waals surface area contributed by atoms with E-state index in [1.54, 1.807) is 37.3 Å². The molecule has 0 aliphatic heterocycles. The molecule has 0 radical (unpaired) electrons. The number of nitrogens with zero attached hydrogens (tertiary/aromatic N) is 3. The quantitative estimate of drug-likeness (QED) is 0.804. The number of halogens is 2. The molecule has 4 nitrogen and oxygen atoms in total. The van der Waals surface area contributed by atoms with Gasteiger partial charge in [0, 0.05) is 10.6 Å². The maximum absolute atomic E-state index is 13.8. The van der Waals surface area contributed by atoms with Gasteiger partial charge in [-0.05, 0) is 36.8 Å². The van der Waals surface area contributed by atoms with Crippen LogP contribution in [0.25, 0.3) is 16.9 Å². The van der Waals surface area contributed by atoms with Crippen molar-refractivity contribution in [2.24, 2.45) is 0 Å². The molecule has 0 spiro atoms. The first-order valence-corrected chi connectivity index (χ1v) is 7.06. The minimum atomic E-state index is -0.324. The average Bonchev–Trinajstić information content (AvgIpc) is 2.94. The predicted octanol–water partition coefficient (Wildman–Crippen LogP) is 3.53. The molecule has 22 heavy (non-hydrogen) atoms. The van der Waals surface area contributed by atoms with Crippen molar-refractivity contribution in [3.05, 3.63) is 64.6 Å². The summed E-state index contributed by atoms with van der Waals surface area (Å²) in [5.41, 5.74) is 2.83. The predicted molar refractivity (Wildman–Crippen MR) is 82.4 cm³/mol. The largest absolute Gasteiger partial charge is 0.390 e. The topological polar surface area (TPSA) is 50.9 Å². The number of aliphatic hydroxyl groups excluding tert-OH is 1. The van der Waals surface area contributed by atoms with Gasteiger partial charge in [-0.25, -0.2) is 9.07 Å². The first-order valence-electron chi connectivity index (χ1n) is 6.68. The standard InChI is InChI=1S/C16H13ClFN3O/c1-10-5-6-13(8-14(10)18)21-16(15(9-22)19-20-21)11-3-2-4-12(17)7-11/h2-8,22H,9H2,1H3. The molecular weight excluding hydrogens is 305 g/mol. The van der Waals surface area contributed by atoms with Crippen molar-refractivity contribution in [1.82, 2.24) is 15.0 Å². The van der Waals surface area contributed by atoms with Gasteiger partial charge in [0.2, 0.25) is 0 Å². The summed E-state index contributed by atoms with van der Waals surface area (Å²) in [7, 11) is 0. The third-order valence-electron chi connectivity index (χ3n) is 3.39. The summed E-state index contributed by atoms with van der Waals surface area (Å²) < 4.78 is 15.3. The second-order valence-electron chi connectivity index (χ2n) is 4.90. The zero-order chi connectivity index (χ0) is 15.7. The third-order valence-corrected chi connectivity index (χ3v) is 3.62. The van der Waals surface area contributed by atoms with Gasteiger partial charge >= 0.3 is 0 Å². The van der Waals surface area contributed by atoms with Crippen molar-refractivity contribution in [3.63, 3.8) is 0 Å². The number of benzene rings is 2. The summed E-state index contributed by atoms with van der Waals surface area (Å²) in [5, 5.41) is 18.0. The molecule has 0 atom stereocenters. The van der Waals surface area contributed by atoms with Crippen LogP contribution >= 0.6 is 11.6 Å². The van der Waals surface area contributed by atoms with Crippen LogP contribution < -0.4 is 0 Å². The highest BCUT2D eigenvalue weighted by atomic mass is 35.5. The summed E-state index contributed by atoms with van der Waals surface area (Å²) in [6.45, 7) is 1.42. The Bertz CT molecular complexity index is 832. The van der Waals surface area contributed by atoms with E-state index in [4.69, 9.17) is 11.6 Å². The van der Waals surface area contributed by atoms with Crippen molar-refractivity contribution >= 4 is 11.6 Å². The molecule has 0 saturated carbocycles. The summed E-state index contributed by atoms with van der Waals surface area (Å²) in [6.07, 6.45) is 0. The highest BCUT2D eigenvalue weighted by Crippen LogP contribution is 2.28. The Kier molecular flexibility index (Phi) is 3.92. The molecule has 1 N–H and O–H groups in total. The van der Waals surface area contributed by atoms with Gasteiger partial charge in [0.05, 0.1) is 12.3 Å². The Hall–Kier alpha value is -2.24. The molecule has 6 heteroatoms. The van der Waals surface area contributed by atoms with E-state index in [2.05, 4.69) is 10.3 Å². The molecule has 1 heterocycles. The Morgan fingerprint density at radius 1 is 1.23 bits per heavy atom. The van der Waals surface area contributed by atoms with Gasteiger partial charge < -0.3 is 5.11 Å². The number of aliphatic hydroxyl groups is 1. The van der Waals surface area contributed by atoms with Crippen LogP contribution in [0.5, 0.6) is 0 Å². The number of aromatic nitrogens is 3. The monoisotopic (exact) mass is 317 g/mol. The summed E-state index contributed by atoms with van der Waals surface area (Å²) in [6, 6.07) is 12.0. The molecule has 3 rings (SSSR count). The van der Waals surface area contributed by atoms with Crippen LogP contribution in [0.15, 0.2) is 42.5 Å². The smallest absolute Gasteiger partial charge is 0.128 e. The minimum Gasteiger partial charge on any atom is -0.390 e. The lowest BCUT2D eigenvalue weighted by Crippen LogP contribution is -2.01. The van der Waals surface area contributed by atoms with Gasteiger partial charge in [0.25, 0.3) is 0 Å². The molecule has 2 aromatic carbocycles. The molecular formula is C16H13ClFN3O. The molecule has 0 aliphatic rings. The molecule has 0 fully saturated rings. The van der Waals surface area contributed by atoms with Gasteiger partial charge in [0.1, 0.15) is 17.2 Å². The molecule has 0 amide bonds. The number of aryl methyl sites for hydroxylation is 1. The van der Waals surface area contributed by atoms with E-state index < -0.39 is 0 Å². The van der Waals surface area contributed by atoms with Gasteiger partial charge in [-0.15, -0.1) is 5.10 Å². The van der Waals surface area contributed by atoms with Crippen LogP contribution in [-0.4, -0.2) is 20.1 Å². The van der Waals surface area contributed by atoms with E-state index in [1.807, 2.05) is 6.07 Å². The van der Waals surface area contributed by atoms with Crippen LogP contribution in [0.3, 0.4) is 0 Å². The summed E-state index contributed by atoms with van der Waals surface area (Å²) >= 11 is 6.03. The Labute approximate surface area is 131 Å². The van der Waals surface area contributed by atoms with Gasteiger partial charge in [-0.2, -0.15) is 0 Å². The zero-order valence-electron chi connectivity index (χ0n) is 11.8. The van der Waals surface area contributed by atoms with Crippen molar-refractivity contribution in [2.75, 3.05) is 0 Å². The second kappa shape index (κ2) is 5.87. The Balaban J connectivity index is 2.21. The average molecular weight is 318 g/mol. The molecule has 0 saturated heterocycles. The van der Waals surface area contributed by atoms with Gasteiger partial charge in [-0.1, -0.05) is 35.0 Å². The van der Waals surface area contributed by atoms with Crippen molar-refractivity contribution in [3.8, 4) is 16.9 Å². The number of hydrogen-bond donors (Lipinski definition) is 1. The summed E-state index contributed by atoms with van der Waals surface area (Å²) in [5.74, 6) is -0.324. The van der Waals surface area contributed by atoms with Crippen molar-refractivity contribution in [2.45, 2.75) is 13.5 Å². The molecule has 1 aromatic heterocycles. The summed E-state index contributed by atoms with van der Waals surface area (Å²) in [4.78, 5) is 0. The maximum atomic E-state index is 13.8. The van der Waals surface area contributed by atoms with Crippen LogP contribution in [0, 0.1) is 12.7 Å². The van der Waals surface area contributed by atoms with Crippen LogP contribution in [-0.2, 0) is 6.61 Å². The van der Waals surface area contributed by atoms with Gasteiger partial charge in [0.15, 0.2) is 0 Å². The lowest BCUT2D eigenvalue weighted by molar-refractivity contribution is 0.277. The second-order valence-corrected chi connectivity index (χ2v) is 5.33. The molecule has 0 bridgehead atoms. The molecule has 0 aliphatic carbocycles. The van der Waals surface area contributed by atoms with Crippen LogP contribution in [0.4, 0.5) is 4.39 Å². The van der Waals surface area contributed by atoms with Crippen LogP contribution in [0.2, 0.25) is 5.02 Å². The van der Waals surface area contributed by atoms with Gasteiger partial charge in [-0.3, -0.25) is 0 Å². The number of rotatable bonds is 3. The fraction of sp³-hybridized carbons (Fsp3) is 0.125. The van der Waals surface area contributed by atoms with E-state index in [-0.39, 0.29) is 12.4 Å². The Morgan fingerprint density at radius 3 is 2.73 bits per heavy atom. The highest BCUT2D eigenvalue weighted by molar-refractivity contribution is 6.30. The number of hydrogen-bond acceptors (Lipinski definition) is 3. The van der Waals surface area contributed by atoms with E-state index in [9.17, 15) is 9.50 Å². The van der Waals surface area contributed by atoms with Crippen LogP contribution in [0.1, 0.15) is 11.3 Å². The zero-order valence-corrected chi connectivity index (χ0v) is 12.5. The fourth-order valence-corrected chi connectivity index (χ4v) is 2.43. The lowest BCUT2D eigenvalue weighted by atomic mass is 10.1. The Morgan fingerprint density at radius 2 is 2.05 bits per heavy atom. The SMILES string of the molecule is Cc1ccc(-n2nnc(CO)c2-c2cccc(Cl)c2)cc1F. The maximum Gasteiger partial charge on any atom is 0.128 e. The van der Waals surface area contributed by atoms with E-state index in [0.717, 1.165) is 5.56 Å². The third kappa shape index (κ3) is 2.61. The molecule has 112 valence electrons. The first kappa shape index (κ1) is 14.7. The van der Waals surface area contributed by atoms with Crippen molar-refractivity contribution < 1.29 is 9.50 Å². The molecule has 0 unspecified atom stereocenters.